The van der Waals surface area contributed by atoms with Crippen LogP contribution in [-0.2, 0) is 0 Å². The van der Waals surface area contributed by atoms with E-state index in [0.29, 0.717) is 11.7 Å². The molecule has 1 aliphatic heterocycles. The third kappa shape index (κ3) is 3.71. The summed E-state index contributed by atoms with van der Waals surface area (Å²) in [6.07, 6.45) is 5.65. The normalized spacial score (nSPS) is 17.9. The van der Waals surface area contributed by atoms with Gasteiger partial charge < -0.3 is 19.5 Å². The van der Waals surface area contributed by atoms with E-state index in [1.165, 1.54) is 0 Å². The number of pyridine rings is 2. The number of aromatic nitrogens is 3. The first-order valence-corrected chi connectivity index (χ1v) is 11.0. The lowest BCUT2D eigenvalue weighted by Gasteiger charge is -2.29. The van der Waals surface area contributed by atoms with Crippen molar-refractivity contribution in [3.05, 3.63) is 103 Å². The largest absolute Gasteiger partial charge is 0.494 e. The monoisotopic (exact) mass is 441 g/mol. The van der Waals surface area contributed by atoms with Gasteiger partial charge >= 0.3 is 0 Å². The van der Waals surface area contributed by atoms with Crippen LogP contribution < -0.4 is 15.0 Å². The van der Waals surface area contributed by atoms with E-state index in [0.717, 1.165) is 28.6 Å². The Kier molecular flexibility index (Phi) is 5.56. The smallest absolute Gasteiger partial charge is 0.174 e. The summed E-state index contributed by atoms with van der Waals surface area (Å²) in [6.45, 7) is 2.61. The lowest BCUT2D eigenvalue weighted by atomic mass is 10.0. The zero-order valence-corrected chi connectivity index (χ0v) is 18.4. The minimum Gasteiger partial charge on any atom is -0.494 e. The first-order chi connectivity index (χ1) is 15.8. The highest BCUT2D eigenvalue weighted by atomic mass is 32.1. The van der Waals surface area contributed by atoms with Gasteiger partial charge in [0.25, 0.3) is 0 Å². The van der Waals surface area contributed by atoms with Gasteiger partial charge in [0.15, 0.2) is 5.11 Å². The SMILES string of the molecule is CCOc1ccc(N2C(=S)NC(c3ccccn3)C2c2cccn2-c2ccccn2)cc1. The predicted octanol–water partition coefficient (Wildman–Crippen LogP) is 4.84. The molecule has 5 rings (SSSR count). The average molecular weight is 442 g/mol. The third-order valence-electron chi connectivity index (χ3n) is 5.50. The van der Waals surface area contributed by atoms with Crippen LogP contribution in [0.2, 0.25) is 0 Å². The van der Waals surface area contributed by atoms with Crippen molar-refractivity contribution in [3.8, 4) is 11.6 Å². The molecular weight excluding hydrogens is 418 g/mol. The number of nitrogens with zero attached hydrogens (tertiary/aromatic N) is 4. The van der Waals surface area contributed by atoms with Crippen molar-refractivity contribution in [1.82, 2.24) is 19.9 Å². The van der Waals surface area contributed by atoms with E-state index in [-0.39, 0.29) is 12.1 Å². The zero-order valence-electron chi connectivity index (χ0n) is 17.6. The molecule has 2 atom stereocenters. The van der Waals surface area contributed by atoms with Crippen LogP contribution in [0.4, 0.5) is 5.69 Å². The molecule has 6 nitrogen and oxygen atoms in total. The Morgan fingerprint density at radius 3 is 2.41 bits per heavy atom. The number of nitrogens with one attached hydrogen (secondary N) is 1. The summed E-state index contributed by atoms with van der Waals surface area (Å²) >= 11 is 5.83. The van der Waals surface area contributed by atoms with Crippen molar-refractivity contribution in [2.75, 3.05) is 11.5 Å². The van der Waals surface area contributed by atoms with Crippen LogP contribution in [0.15, 0.2) is 91.4 Å². The summed E-state index contributed by atoms with van der Waals surface area (Å²) < 4.78 is 7.74. The number of hydrogen-bond acceptors (Lipinski definition) is 4. The van der Waals surface area contributed by atoms with Gasteiger partial charge in [-0.05, 0) is 79.8 Å². The Balaban J connectivity index is 1.62. The Bertz CT molecular complexity index is 1190. The van der Waals surface area contributed by atoms with Crippen LogP contribution in [0.1, 0.15) is 30.4 Å². The van der Waals surface area contributed by atoms with Crippen molar-refractivity contribution in [1.29, 1.82) is 0 Å². The molecule has 3 aromatic heterocycles. The van der Waals surface area contributed by atoms with Crippen LogP contribution in [-0.4, -0.2) is 26.3 Å². The molecule has 0 bridgehead atoms. The van der Waals surface area contributed by atoms with Gasteiger partial charge in [0, 0.05) is 30.0 Å². The molecule has 0 radical (unpaired) electrons. The molecular formula is C25H23N5OS. The van der Waals surface area contributed by atoms with Gasteiger partial charge in [-0.2, -0.15) is 0 Å². The van der Waals surface area contributed by atoms with E-state index in [2.05, 4.69) is 30.8 Å². The first kappa shape index (κ1) is 20.2. The van der Waals surface area contributed by atoms with E-state index in [1.54, 1.807) is 6.20 Å². The van der Waals surface area contributed by atoms with Crippen LogP contribution in [0.25, 0.3) is 5.82 Å². The number of anilines is 1. The lowest BCUT2D eigenvalue weighted by Crippen LogP contribution is -2.30. The van der Waals surface area contributed by atoms with Crippen molar-refractivity contribution >= 4 is 23.0 Å². The van der Waals surface area contributed by atoms with Gasteiger partial charge in [0.2, 0.25) is 0 Å². The average Bonchev–Trinajstić information content (AvgIpc) is 3.45. The Hall–Kier alpha value is -3.71. The Labute approximate surface area is 192 Å². The second-order valence-corrected chi connectivity index (χ2v) is 7.80. The standard InChI is InChI=1S/C25H23N5OS/c1-2-31-19-13-11-18(12-14-19)30-24(23(28-25(30)32)20-8-3-5-15-26-20)21-9-7-17-29(21)22-10-4-6-16-27-22/h3-17,23-24H,2H2,1H3,(H,28,32). The van der Waals surface area contributed by atoms with Gasteiger partial charge in [0.05, 0.1) is 18.3 Å². The van der Waals surface area contributed by atoms with Gasteiger partial charge in [-0.25, -0.2) is 4.98 Å². The maximum absolute atomic E-state index is 5.83. The minimum atomic E-state index is -0.118. The zero-order chi connectivity index (χ0) is 21.9. The molecule has 4 heterocycles. The molecule has 4 aromatic rings. The van der Waals surface area contributed by atoms with Gasteiger partial charge in [0.1, 0.15) is 17.6 Å². The molecule has 1 N–H and O–H groups in total. The number of ether oxygens (including phenoxy) is 1. The summed E-state index contributed by atoms with van der Waals surface area (Å²) in [4.78, 5) is 11.3. The molecule has 160 valence electrons. The van der Waals surface area contributed by atoms with Gasteiger partial charge in [-0.15, -0.1) is 0 Å². The summed E-state index contributed by atoms with van der Waals surface area (Å²) in [5, 5.41) is 4.16. The fourth-order valence-electron chi connectivity index (χ4n) is 4.14. The molecule has 7 heteroatoms. The molecule has 1 saturated heterocycles. The molecule has 0 amide bonds. The predicted molar refractivity (Wildman–Crippen MR) is 129 cm³/mol. The first-order valence-electron chi connectivity index (χ1n) is 10.6. The van der Waals surface area contributed by atoms with Crippen LogP contribution in [0.5, 0.6) is 5.75 Å². The van der Waals surface area contributed by atoms with Crippen LogP contribution in [0.3, 0.4) is 0 Å². The third-order valence-corrected chi connectivity index (χ3v) is 5.82. The highest BCUT2D eigenvalue weighted by Gasteiger charge is 2.42. The Morgan fingerprint density at radius 1 is 0.938 bits per heavy atom. The van der Waals surface area contributed by atoms with Crippen molar-refractivity contribution < 1.29 is 4.74 Å². The molecule has 2 unspecified atom stereocenters. The molecule has 0 spiro atoms. The molecule has 32 heavy (non-hydrogen) atoms. The number of rotatable bonds is 6. The summed E-state index contributed by atoms with van der Waals surface area (Å²) in [7, 11) is 0. The Morgan fingerprint density at radius 2 is 1.72 bits per heavy atom. The second-order valence-electron chi connectivity index (χ2n) is 7.41. The molecule has 1 aromatic carbocycles. The van der Waals surface area contributed by atoms with Crippen molar-refractivity contribution in [2.45, 2.75) is 19.0 Å². The summed E-state index contributed by atoms with van der Waals surface area (Å²) in [6, 6.07) is 23.8. The van der Waals surface area contributed by atoms with Gasteiger partial charge in [-0.1, -0.05) is 12.1 Å². The van der Waals surface area contributed by atoms with Gasteiger partial charge in [-0.3, -0.25) is 4.98 Å². The fraction of sp³-hybridized carbons (Fsp3) is 0.160. The van der Waals surface area contributed by atoms with E-state index < -0.39 is 0 Å². The molecule has 1 aliphatic rings. The fourth-order valence-corrected chi connectivity index (χ4v) is 4.49. The van der Waals surface area contributed by atoms with E-state index in [1.807, 2.05) is 86.0 Å². The quantitative estimate of drug-likeness (QED) is 0.432. The minimum absolute atomic E-state index is 0.118. The lowest BCUT2D eigenvalue weighted by molar-refractivity contribution is 0.340. The number of benzene rings is 1. The van der Waals surface area contributed by atoms with E-state index >= 15 is 0 Å². The van der Waals surface area contributed by atoms with Crippen molar-refractivity contribution in [2.24, 2.45) is 0 Å². The summed E-state index contributed by atoms with van der Waals surface area (Å²) in [5.74, 6) is 1.70. The molecule has 0 saturated carbocycles. The highest BCUT2D eigenvalue weighted by Crippen LogP contribution is 2.42. The van der Waals surface area contributed by atoms with E-state index in [9.17, 15) is 0 Å². The van der Waals surface area contributed by atoms with Crippen LogP contribution in [0, 0.1) is 0 Å². The second kappa shape index (κ2) is 8.80. The summed E-state index contributed by atoms with van der Waals surface area (Å²) in [5.41, 5.74) is 2.99. The number of hydrogen-bond donors (Lipinski definition) is 1. The van der Waals surface area contributed by atoms with Crippen LogP contribution >= 0.6 is 12.2 Å². The topological polar surface area (TPSA) is 55.2 Å². The molecule has 0 aliphatic carbocycles. The van der Waals surface area contributed by atoms with Crippen molar-refractivity contribution in [3.63, 3.8) is 0 Å². The molecule has 1 fully saturated rings. The maximum Gasteiger partial charge on any atom is 0.174 e. The number of thiocarbonyl (C=S) groups is 1. The van der Waals surface area contributed by atoms with E-state index in [4.69, 9.17) is 17.0 Å². The highest BCUT2D eigenvalue weighted by molar-refractivity contribution is 7.80. The maximum atomic E-state index is 5.83.